The molecule has 0 spiro atoms. The molecule has 1 unspecified atom stereocenters. The minimum atomic E-state index is -0.354. The summed E-state index contributed by atoms with van der Waals surface area (Å²) >= 11 is 0. The van der Waals surface area contributed by atoms with Crippen LogP contribution in [0.4, 0.5) is 5.69 Å². The fourth-order valence-electron chi connectivity index (χ4n) is 1.75. The van der Waals surface area contributed by atoms with E-state index in [0.29, 0.717) is 0 Å². The minimum Gasteiger partial charge on any atom is -0.389 e. The first-order chi connectivity index (χ1) is 6.27. The van der Waals surface area contributed by atoms with Crippen LogP contribution in [0.3, 0.4) is 0 Å². The van der Waals surface area contributed by atoms with Crippen LogP contribution in [-0.2, 0) is 6.42 Å². The van der Waals surface area contributed by atoms with Gasteiger partial charge >= 0.3 is 0 Å². The molecular weight excluding hydrogens is 162 g/mol. The lowest BCUT2D eigenvalue weighted by Gasteiger charge is -2.19. The topological polar surface area (TPSA) is 32.3 Å². The van der Waals surface area contributed by atoms with Gasteiger partial charge < -0.3 is 10.4 Å². The molecule has 1 aliphatic rings. The van der Waals surface area contributed by atoms with E-state index in [-0.39, 0.29) is 6.10 Å². The van der Waals surface area contributed by atoms with Gasteiger partial charge in [-0.2, -0.15) is 0 Å². The number of benzene rings is 1. The molecule has 0 saturated carbocycles. The molecule has 1 atom stereocenters. The van der Waals surface area contributed by atoms with E-state index in [9.17, 15) is 5.11 Å². The average Bonchev–Trinajstić information content (AvgIpc) is 2.17. The second-order valence-corrected chi connectivity index (χ2v) is 3.62. The first-order valence-corrected chi connectivity index (χ1v) is 4.82. The van der Waals surface area contributed by atoms with Gasteiger partial charge in [0.15, 0.2) is 0 Å². The maximum Gasteiger partial charge on any atom is 0.0762 e. The lowest BCUT2D eigenvalue weighted by Crippen LogP contribution is -2.12. The van der Waals surface area contributed by atoms with E-state index >= 15 is 0 Å². The van der Waals surface area contributed by atoms with E-state index in [2.05, 4.69) is 17.4 Å². The molecule has 1 aromatic rings. The van der Waals surface area contributed by atoms with Crippen molar-refractivity contribution in [1.29, 1.82) is 0 Å². The monoisotopic (exact) mass is 177 g/mol. The summed E-state index contributed by atoms with van der Waals surface area (Å²) in [5, 5.41) is 12.8. The number of nitrogens with one attached hydrogen (secondary N) is 1. The summed E-state index contributed by atoms with van der Waals surface area (Å²) in [7, 11) is 0. The van der Waals surface area contributed by atoms with Crippen LogP contribution in [0, 0.1) is 0 Å². The summed E-state index contributed by atoms with van der Waals surface area (Å²) in [6.07, 6.45) is 1.96. The Hall–Kier alpha value is -1.02. The maximum absolute atomic E-state index is 9.40. The molecule has 0 fully saturated rings. The number of anilines is 1. The van der Waals surface area contributed by atoms with E-state index in [4.69, 9.17) is 0 Å². The minimum absolute atomic E-state index is 0.354. The van der Waals surface area contributed by atoms with Crippen LogP contribution in [0.25, 0.3) is 0 Å². The number of aliphatic hydroxyl groups excluding tert-OH is 1. The van der Waals surface area contributed by atoms with Gasteiger partial charge in [-0.05, 0) is 37.0 Å². The van der Waals surface area contributed by atoms with Crippen LogP contribution in [0.2, 0.25) is 0 Å². The van der Waals surface area contributed by atoms with Crippen molar-refractivity contribution in [2.24, 2.45) is 0 Å². The fourth-order valence-corrected chi connectivity index (χ4v) is 1.75. The molecule has 0 aliphatic carbocycles. The van der Waals surface area contributed by atoms with E-state index in [1.54, 1.807) is 6.92 Å². The highest BCUT2D eigenvalue weighted by Crippen LogP contribution is 2.25. The Labute approximate surface area is 78.6 Å². The Bertz CT molecular complexity index is 307. The molecule has 0 amide bonds. The molecular formula is C11H15NO. The summed E-state index contributed by atoms with van der Waals surface area (Å²) in [4.78, 5) is 0. The Kier molecular flexibility index (Phi) is 2.23. The smallest absolute Gasteiger partial charge is 0.0762 e. The molecule has 2 nitrogen and oxygen atoms in total. The molecule has 0 bridgehead atoms. The summed E-state index contributed by atoms with van der Waals surface area (Å²) in [6.45, 7) is 2.87. The maximum atomic E-state index is 9.40. The van der Waals surface area contributed by atoms with Crippen molar-refractivity contribution < 1.29 is 5.11 Å². The Morgan fingerprint density at radius 3 is 3.08 bits per heavy atom. The van der Waals surface area contributed by atoms with Crippen molar-refractivity contribution >= 4 is 5.69 Å². The number of hydrogen-bond acceptors (Lipinski definition) is 2. The highest BCUT2D eigenvalue weighted by Gasteiger charge is 2.10. The van der Waals surface area contributed by atoms with Crippen molar-refractivity contribution in [3.8, 4) is 0 Å². The Morgan fingerprint density at radius 2 is 2.31 bits per heavy atom. The molecule has 1 aliphatic heterocycles. The second kappa shape index (κ2) is 3.38. The zero-order valence-electron chi connectivity index (χ0n) is 7.88. The predicted octanol–water partition coefficient (Wildman–Crippen LogP) is 2.10. The van der Waals surface area contributed by atoms with Gasteiger partial charge in [-0.15, -0.1) is 0 Å². The van der Waals surface area contributed by atoms with Crippen LogP contribution in [0.15, 0.2) is 18.2 Å². The molecule has 2 rings (SSSR count). The van der Waals surface area contributed by atoms with Crippen LogP contribution >= 0.6 is 0 Å². The van der Waals surface area contributed by atoms with E-state index in [1.165, 1.54) is 17.7 Å². The standard InChI is InChI=1S/C11H15NO/c1-8(13)9-4-5-11-10(7-9)3-2-6-12-11/h4-5,7-8,12-13H,2-3,6H2,1H3. The van der Waals surface area contributed by atoms with Crippen LogP contribution in [0.5, 0.6) is 0 Å². The van der Waals surface area contributed by atoms with E-state index < -0.39 is 0 Å². The molecule has 13 heavy (non-hydrogen) atoms. The van der Waals surface area contributed by atoms with Gasteiger partial charge in [0, 0.05) is 12.2 Å². The van der Waals surface area contributed by atoms with Crippen molar-refractivity contribution in [2.45, 2.75) is 25.9 Å². The van der Waals surface area contributed by atoms with Gasteiger partial charge in [-0.25, -0.2) is 0 Å². The van der Waals surface area contributed by atoms with Crippen molar-refractivity contribution in [3.63, 3.8) is 0 Å². The van der Waals surface area contributed by atoms with Crippen molar-refractivity contribution in [3.05, 3.63) is 29.3 Å². The van der Waals surface area contributed by atoms with Crippen molar-refractivity contribution in [1.82, 2.24) is 0 Å². The molecule has 2 N–H and O–H groups in total. The quantitative estimate of drug-likeness (QED) is 0.688. The lowest BCUT2D eigenvalue weighted by molar-refractivity contribution is 0.199. The van der Waals surface area contributed by atoms with Crippen LogP contribution in [0.1, 0.15) is 30.6 Å². The molecule has 0 radical (unpaired) electrons. The van der Waals surface area contributed by atoms with E-state index in [1.807, 2.05) is 6.07 Å². The van der Waals surface area contributed by atoms with Gasteiger partial charge in [0.1, 0.15) is 0 Å². The van der Waals surface area contributed by atoms with Gasteiger partial charge in [-0.1, -0.05) is 12.1 Å². The third kappa shape index (κ3) is 1.68. The lowest BCUT2D eigenvalue weighted by atomic mass is 9.99. The van der Waals surface area contributed by atoms with Crippen molar-refractivity contribution in [2.75, 3.05) is 11.9 Å². The number of fused-ring (bicyclic) bond motifs is 1. The van der Waals surface area contributed by atoms with Gasteiger partial charge in [0.2, 0.25) is 0 Å². The summed E-state index contributed by atoms with van der Waals surface area (Å²) < 4.78 is 0. The third-order valence-corrected chi connectivity index (χ3v) is 2.55. The van der Waals surface area contributed by atoms with Gasteiger partial charge in [0.25, 0.3) is 0 Å². The van der Waals surface area contributed by atoms with Crippen LogP contribution in [-0.4, -0.2) is 11.7 Å². The highest BCUT2D eigenvalue weighted by atomic mass is 16.3. The molecule has 2 heteroatoms. The van der Waals surface area contributed by atoms with Gasteiger partial charge in [-0.3, -0.25) is 0 Å². The SMILES string of the molecule is CC(O)c1ccc2c(c1)CCCN2. The largest absolute Gasteiger partial charge is 0.389 e. The normalized spacial score (nSPS) is 17.4. The number of aryl methyl sites for hydroxylation is 1. The second-order valence-electron chi connectivity index (χ2n) is 3.62. The predicted molar refractivity (Wildman–Crippen MR) is 53.9 cm³/mol. The first-order valence-electron chi connectivity index (χ1n) is 4.82. The first kappa shape index (κ1) is 8.57. The molecule has 70 valence electrons. The number of aliphatic hydroxyl groups is 1. The summed E-state index contributed by atoms with van der Waals surface area (Å²) in [6, 6.07) is 6.16. The zero-order valence-corrected chi connectivity index (χ0v) is 7.88. The molecule has 1 aromatic carbocycles. The fraction of sp³-hybridized carbons (Fsp3) is 0.455. The highest BCUT2D eigenvalue weighted by molar-refractivity contribution is 5.54. The van der Waals surface area contributed by atoms with E-state index in [0.717, 1.165) is 18.5 Å². The van der Waals surface area contributed by atoms with Crippen LogP contribution < -0.4 is 5.32 Å². The number of hydrogen-bond donors (Lipinski definition) is 2. The zero-order chi connectivity index (χ0) is 9.26. The van der Waals surface area contributed by atoms with Gasteiger partial charge in [0.05, 0.1) is 6.10 Å². The molecule has 0 saturated heterocycles. The molecule has 0 aromatic heterocycles. The molecule has 1 heterocycles. The summed E-state index contributed by atoms with van der Waals surface area (Å²) in [5.41, 5.74) is 3.59. The number of rotatable bonds is 1. The Morgan fingerprint density at radius 1 is 1.46 bits per heavy atom. The third-order valence-electron chi connectivity index (χ3n) is 2.55. The summed E-state index contributed by atoms with van der Waals surface area (Å²) in [5.74, 6) is 0. The average molecular weight is 177 g/mol. The Balaban J connectivity index is 2.35.